The Bertz CT molecular complexity index is 575. The van der Waals surface area contributed by atoms with Gasteiger partial charge in [-0.05, 0) is 24.6 Å². The van der Waals surface area contributed by atoms with Crippen molar-refractivity contribution in [2.45, 2.75) is 32.2 Å². The molecule has 0 aromatic heterocycles. The molecular formula is C14H17F2N3O2. The van der Waals surface area contributed by atoms with Gasteiger partial charge in [-0.25, -0.2) is 8.78 Å². The molecular weight excluding hydrogens is 280 g/mol. The van der Waals surface area contributed by atoms with E-state index < -0.39 is 30.8 Å². The molecule has 21 heavy (non-hydrogen) atoms. The molecule has 1 aromatic rings. The average molecular weight is 297 g/mol. The number of rotatable bonds is 3. The van der Waals surface area contributed by atoms with Gasteiger partial charge < -0.3 is 10.6 Å². The molecule has 0 radical (unpaired) electrons. The minimum Gasteiger partial charge on any atom is -0.326 e. The number of anilines is 2. The van der Waals surface area contributed by atoms with Crippen LogP contribution in [0.1, 0.15) is 18.9 Å². The van der Waals surface area contributed by atoms with E-state index in [4.69, 9.17) is 0 Å². The second-order valence-electron chi connectivity index (χ2n) is 5.14. The van der Waals surface area contributed by atoms with Crippen molar-refractivity contribution in [1.29, 1.82) is 0 Å². The van der Waals surface area contributed by atoms with Gasteiger partial charge in [0.1, 0.15) is 0 Å². The van der Waals surface area contributed by atoms with Crippen molar-refractivity contribution in [2.75, 3.05) is 17.2 Å². The quantitative estimate of drug-likeness (QED) is 0.798. The summed E-state index contributed by atoms with van der Waals surface area (Å²) in [6.07, 6.45) is -0.511. The van der Waals surface area contributed by atoms with Gasteiger partial charge in [-0.15, -0.1) is 0 Å². The number of hydrogen-bond acceptors (Lipinski definition) is 3. The number of alkyl halides is 2. The predicted octanol–water partition coefficient (Wildman–Crippen LogP) is 1.89. The zero-order valence-electron chi connectivity index (χ0n) is 11.8. The lowest BCUT2D eigenvalue weighted by molar-refractivity contribution is -0.118. The van der Waals surface area contributed by atoms with Gasteiger partial charge in [0.25, 0.3) is 5.92 Å². The Kier molecular flexibility index (Phi) is 4.22. The molecule has 1 saturated heterocycles. The van der Waals surface area contributed by atoms with Crippen LogP contribution in [0.15, 0.2) is 18.2 Å². The Labute approximate surface area is 121 Å². The van der Waals surface area contributed by atoms with E-state index in [-0.39, 0.29) is 5.91 Å². The zero-order chi connectivity index (χ0) is 15.6. The topological polar surface area (TPSA) is 70.2 Å². The highest BCUT2D eigenvalue weighted by atomic mass is 19.3. The first-order chi connectivity index (χ1) is 9.78. The molecule has 0 saturated carbocycles. The Morgan fingerprint density at radius 3 is 2.43 bits per heavy atom. The number of halogens is 2. The van der Waals surface area contributed by atoms with E-state index in [1.807, 2.05) is 0 Å². The van der Waals surface area contributed by atoms with Crippen LogP contribution in [-0.4, -0.2) is 30.3 Å². The molecule has 3 N–H and O–H groups in total. The van der Waals surface area contributed by atoms with Crippen LogP contribution in [0.4, 0.5) is 20.2 Å². The Hall–Kier alpha value is -2.02. The van der Waals surface area contributed by atoms with Crippen molar-refractivity contribution in [3.8, 4) is 0 Å². The van der Waals surface area contributed by atoms with Gasteiger partial charge in [0.2, 0.25) is 11.8 Å². The molecule has 2 amide bonds. The molecule has 2 rings (SSSR count). The van der Waals surface area contributed by atoms with Crippen LogP contribution in [0.5, 0.6) is 0 Å². The maximum absolute atomic E-state index is 13.1. The van der Waals surface area contributed by atoms with Gasteiger partial charge in [-0.3, -0.25) is 14.9 Å². The summed E-state index contributed by atoms with van der Waals surface area (Å²) in [6, 6.07) is 4.12. The van der Waals surface area contributed by atoms with Crippen LogP contribution in [0.25, 0.3) is 0 Å². The molecule has 0 aliphatic carbocycles. The summed E-state index contributed by atoms with van der Waals surface area (Å²) in [6.45, 7) is 2.63. The Morgan fingerprint density at radius 2 is 1.90 bits per heavy atom. The first-order valence-electron chi connectivity index (χ1n) is 6.58. The maximum atomic E-state index is 13.1. The monoisotopic (exact) mass is 297 g/mol. The van der Waals surface area contributed by atoms with E-state index in [0.29, 0.717) is 16.9 Å². The molecule has 5 nitrogen and oxygen atoms in total. The average Bonchev–Trinajstić information content (AvgIpc) is 2.74. The van der Waals surface area contributed by atoms with E-state index in [2.05, 4.69) is 16.0 Å². The minimum absolute atomic E-state index is 0.223. The smallest absolute Gasteiger partial charge is 0.262 e. The summed E-state index contributed by atoms with van der Waals surface area (Å²) < 4.78 is 26.2. The normalized spacial score (nSPS) is 20.1. The van der Waals surface area contributed by atoms with Gasteiger partial charge >= 0.3 is 0 Å². The molecule has 1 unspecified atom stereocenters. The summed E-state index contributed by atoms with van der Waals surface area (Å²) in [7, 11) is 0. The molecule has 1 fully saturated rings. The number of carbonyl (C=O) groups excluding carboxylic acids is 2. The highest BCUT2D eigenvalue weighted by Crippen LogP contribution is 2.27. The third-order valence-corrected chi connectivity index (χ3v) is 3.33. The van der Waals surface area contributed by atoms with Crippen molar-refractivity contribution < 1.29 is 18.4 Å². The predicted molar refractivity (Wildman–Crippen MR) is 75.5 cm³/mol. The van der Waals surface area contributed by atoms with Gasteiger partial charge in [0.05, 0.1) is 12.6 Å². The lowest BCUT2D eigenvalue weighted by atomic mass is 10.1. The largest absolute Gasteiger partial charge is 0.326 e. The summed E-state index contributed by atoms with van der Waals surface area (Å²) in [5.41, 5.74) is 1.74. The summed E-state index contributed by atoms with van der Waals surface area (Å²) in [4.78, 5) is 23.1. The third-order valence-electron chi connectivity index (χ3n) is 3.33. The van der Waals surface area contributed by atoms with E-state index in [1.54, 1.807) is 25.1 Å². The van der Waals surface area contributed by atoms with E-state index in [9.17, 15) is 18.4 Å². The van der Waals surface area contributed by atoms with E-state index in [1.165, 1.54) is 6.92 Å². The van der Waals surface area contributed by atoms with Crippen molar-refractivity contribution in [3.05, 3.63) is 23.8 Å². The summed E-state index contributed by atoms with van der Waals surface area (Å²) >= 11 is 0. The number of benzene rings is 1. The van der Waals surface area contributed by atoms with Crippen molar-refractivity contribution in [2.24, 2.45) is 0 Å². The van der Waals surface area contributed by atoms with Gasteiger partial charge in [0.15, 0.2) is 0 Å². The second-order valence-corrected chi connectivity index (χ2v) is 5.14. The number of nitrogens with one attached hydrogen (secondary N) is 3. The van der Waals surface area contributed by atoms with Crippen molar-refractivity contribution in [3.63, 3.8) is 0 Å². The molecule has 0 bridgehead atoms. The van der Waals surface area contributed by atoms with E-state index in [0.717, 1.165) is 0 Å². The minimum atomic E-state index is -2.85. The van der Waals surface area contributed by atoms with Crippen LogP contribution >= 0.6 is 0 Å². The molecule has 1 atom stereocenters. The molecule has 0 spiro atoms. The summed E-state index contributed by atoms with van der Waals surface area (Å²) in [5.74, 6) is -3.58. The maximum Gasteiger partial charge on any atom is 0.262 e. The highest BCUT2D eigenvalue weighted by molar-refractivity contribution is 5.97. The third kappa shape index (κ3) is 3.75. The SMILES string of the molecule is CC(=O)Nc1cccc(NC(=O)C2CC(F)(F)CN2)c1C. The van der Waals surface area contributed by atoms with Gasteiger partial charge in [0, 0.05) is 24.7 Å². The molecule has 1 aliphatic heterocycles. The van der Waals surface area contributed by atoms with Crippen LogP contribution in [0.3, 0.4) is 0 Å². The Balaban J connectivity index is 2.09. The fourth-order valence-corrected chi connectivity index (χ4v) is 2.22. The van der Waals surface area contributed by atoms with Crippen LogP contribution in [0, 0.1) is 6.92 Å². The first kappa shape index (κ1) is 15.4. The molecule has 1 aromatic carbocycles. The molecule has 7 heteroatoms. The number of amides is 2. The fourth-order valence-electron chi connectivity index (χ4n) is 2.22. The van der Waals surface area contributed by atoms with E-state index >= 15 is 0 Å². The van der Waals surface area contributed by atoms with Crippen LogP contribution in [0.2, 0.25) is 0 Å². The second kappa shape index (κ2) is 5.77. The molecule has 1 aliphatic rings. The summed E-state index contributed by atoms with van der Waals surface area (Å²) in [5, 5.41) is 7.76. The molecule has 1 heterocycles. The number of carbonyl (C=O) groups is 2. The van der Waals surface area contributed by atoms with Gasteiger partial charge in [-0.2, -0.15) is 0 Å². The fraction of sp³-hybridized carbons (Fsp3) is 0.429. The van der Waals surface area contributed by atoms with Crippen molar-refractivity contribution in [1.82, 2.24) is 5.32 Å². The Morgan fingerprint density at radius 1 is 1.29 bits per heavy atom. The molecule has 114 valence electrons. The van der Waals surface area contributed by atoms with Crippen LogP contribution < -0.4 is 16.0 Å². The highest BCUT2D eigenvalue weighted by Gasteiger charge is 2.42. The van der Waals surface area contributed by atoms with Gasteiger partial charge in [-0.1, -0.05) is 6.07 Å². The first-order valence-corrected chi connectivity index (χ1v) is 6.58. The van der Waals surface area contributed by atoms with Crippen molar-refractivity contribution >= 4 is 23.2 Å². The van der Waals surface area contributed by atoms with Crippen LogP contribution in [-0.2, 0) is 9.59 Å². The lowest BCUT2D eigenvalue weighted by Gasteiger charge is -2.15. The lowest BCUT2D eigenvalue weighted by Crippen LogP contribution is -2.35. The number of hydrogen-bond donors (Lipinski definition) is 3. The standard InChI is InChI=1S/C14H17F2N3O2/c1-8-10(18-9(2)20)4-3-5-11(8)19-13(21)12-6-14(15,16)7-17-12/h3-5,12,17H,6-7H2,1-2H3,(H,18,20)(H,19,21). The zero-order valence-corrected chi connectivity index (χ0v) is 11.8.